The number of para-hydroxylation sites is 1. The van der Waals surface area contributed by atoms with Crippen molar-refractivity contribution in [3.63, 3.8) is 0 Å². The highest BCUT2D eigenvalue weighted by molar-refractivity contribution is 5.95. The van der Waals surface area contributed by atoms with Crippen LogP contribution in [0, 0.1) is 0 Å². The maximum atomic E-state index is 13.6. The number of amides is 4. The number of carbonyl (C=O) groups excluding carboxylic acids is 4. The van der Waals surface area contributed by atoms with E-state index in [1.807, 2.05) is 24.3 Å². The van der Waals surface area contributed by atoms with Crippen molar-refractivity contribution >= 4 is 40.5 Å². The molecule has 0 fully saturated rings. The van der Waals surface area contributed by atoms with Gasteiger partial charge in [0, 0.05) is 36.4 Å². The number of rotatable bonds is 14. The predicted octanol–water partition coefficient (Wildman–Crippen LogP) is 0.105. The first kappa shape index (κ1) is 29.8. The van der Waals surface area contributed by atoms with Gasteiger partial charge in [0.15, 0.2) is 0 Å². The molecule has 9 N–H and O–H groups in total. The van der Waals surface area contributed by atoms with Crippen LogP contribution in [-0.2, 0) is 36.8 Å². The summed E-state index contributed by atoms with van der Waals surface area (Å²) >= 11 is 0. The molecule has 12 nitrogen and oxygen atoms in total. The van der Waals surface area contributed by atoms with Crippen molar-refractivity contribution in [2.75, 3.05) is 0 Å². The molecule has 0 radical (unpaired) electrons. The number of benzene rings is 2. The van der Waals surface area contributed by atoms with E-state index in [1.165, 1.54) is 6.92 Å². The fourth-order valence-corrected chi connectivity index (χ4v) is 4.18. The summed E-state index contributed by atoms with van der Waals surface area (Å²) in [7, 11) is 0. The normalized spacial score (nSPS) is 13.9. The zero-order valence-electron chi connectivity index (χ0n) is 22.1. The summed E-state index contributed by atoms with van der Waals surface area (Å²) in [5.74, 6) is -4.03. The lowest BCUT2D eigenvalue weighted by Gasteiger charge is -2.25. The van der Waals surface area contributed by atoms with E-state index >= 15 is 0 Å². The molecule has 40 heavy (non-hydrogen) atoms. The van der Waals surface area contributed by atoms with Gasteiger partial charge in [-0.3, -0.25) is 19.2 Å². The van der Waals surface area contributed by atoms with E-state index in [0.717, 1.165) is 16.5 Å². The minimum atomic E-state index is -1.39. The third-order valence-electron chi connectivity index (χ3n) is 6.36. The van der Waals surface area contributed by atoms with Gasteiger partial charge in [0.1, 0.15) is 18.1 Å². The molecule has 4 atom stereocenters. The topological polar surface area (TPSA) is 209 Å². The van der Waals surface area contributed by atoms with E-state index in [1.54, 1.807) is 36.5 Å². The number of nitrogens with one attached hydrogen (secondary N) is 4. The second kappa shape index (κ2) is 13.9. The van der Waals surface area contributed by atoms with Crippen LogP contribution in [0.5, 0.6) is 0 Å². The summed E-state index contributed by atoms with van der Waals surface area (Å²) in [5, 5.41) is 18.1. The summed E-state index contributed by atoms with van der Waals surface area (Å²) < 4.78 is 0. The molecule has 0 aliphatic rings. The quantitative estimate of drug-likeness (QED) is 0.147. The molecule has 1 aromatic heterocycles. The van der Waals surface area contributed by atoms with E-state index < -0.39 is 53.8 Å². The summed E-state index contributed by atoms with van der Waals surface area (Å²) in [6.45, 7) is 1.49. The molecule has 0 aliphatic heterocycles. The molecule has 0 bridgehead atoms. The molecular formula is C28H34N6O6. The number of hydrogen-bond acceptors (Lipinski definition) is 6. The minimum absolute atomic E-state index is 0.0433. The largest absolute Gasteiger partial charge is 0.480 e. The number of carbonyl (C=O) groups is 5. The third-order valence-corrected chi connectivity index (χ3v) is 6.36. The molecule has 4 unspecified atom stereocenters. The highest BCUT2D eigenvalue weighted by Crippen LogP contribution is 2.19. The van der Waals surface area contributed by atoms with E-state index in [-0.39, 0.29) is 25.7 Å². The first-order valence-electron chi connectivity index (χ1n) is 12.8. The number of aliphatic carboxylic acids is 1. The Morgan fingerprint density at radius 3 is 2.02 bits per heavy atom. The standard InChI is InChI=1S/C28H34N6O6/c1-16(29)25(36)33-23(14-18-15-31-20-10-6-5-9-19(18)20)27(38)34-22(13-17-7-3-2-4-8-17)26(37)32-21(28(39)40)11-12-24(30)35/h2-10,15-16,21-23,31H,11-14,29H2,1H3,(H2,30,35)(H,32,37)(H,33,36)(H,34,38)(H,39,40). The Kier molecular flexibility index (Phi) is 10.4. The number of H-pyrrole nitrogens is 1. The van der Waals surface area contributed by atoms with Crippen LogP contribution in [0.4, 0.5) is 0 Å². The molecular weight excluding hydrogens is 516 g/mol. The van der Waals surface area contributed by atoms with Gasteiger partial charge in [0.05, 0.1) is 6.04 Å². The average molecular weight is 551 g/mol. The zero-order valence-corrected chi connectivity index (χ0v) is 22.1. The number of aromatic nitrogens is 1. The molecule has 1 heterocycles. The average Bonchev–Trinajstić information content (AvgIpc) is 3.33. The van der Waals surface area contributed by atoms with Gasteiger partial charge < -0.3 is 37.5 Å². The van der Waals surface area contributed by atoms with E-state index in [2.05, 4.69) is 20.9 Å². The van der Waals surface area contributed by atoms with Crippen molar-refractivity contribution in [2.24, 2.45) is 11.5 Å². The number of hydrogen-bond donors (Lipinski definition) is 7. The number of nitrogens with two attached hydrogens (primary N) is 2. The number of carboxylic acids is 1. The molecule has 0 aliphatic carbocycles. The Morgan fingerprint density at radius 1 is 0.825 bits per heavy atom. The highest BCUT2D eigenvalue weighted by atomic mass is 16.4. The lowest BCUT2D eigenvalue weighted by atomic mass is 10.0. The first-order chi connectivity index (χ1) is 19.0. The van der Waals surface area contributed by atoms with E-state index in [0.29, 0.717) is 5.56 Å². The minimum Gasteiger partial charge on any atom is -0.480 e. The van der Waals surface area contributed by atoms with Crippen molar-refractivity contribution in [2.45, 2.75) is 56.8 Å². The van der Waals surface area contributed by atoms with Gasteiger partial charge in [0.2, 0.25) is 23.6 Å². The fourth-order valence-electron chi connectivity index (χ4n) is 4.18. The van der Waals surface area contributed by atoms with Crippen molar-refractivity contribution in [1.82, 2.24) is 20.9 Å². The van der Waals surface area contributed by atoms with Gasteiger partial charge in [-0.25, -0.2) is 4.79 Å². The van der Waals surface area contributed by atoms with Crippen molar-refractivity contribution in [3.05, 3.63) is 71.9 Å². The third kappa shape index (κ3) is 8.40. The Labute approximate surface area is 230 Å². The van der Waals surface area contributed by atoms with Gasteiger partial charge in [-0.1, -0.05) is 48.5 Å². The lowest BCUT2D eigenvalue weighted by molar-refractivity contribution is -0.142. The number of fused-ring (bicyclic) bond motifs is 1. The Morgan fingerprint density at radius 2 is 1.40 bits per heavy atom. The predicted molar refractivity (Wildman–Crippen MR) is 148 cm³/mol. The molecule has 0 saturated heterocycles. The monoisotopic (exact) mass is 550 g/mol. The van der Waals surface area contributed by atoms with Crippen molar-refractivity contribution in [1.29, 1.82) is 0 Å². The first-order valence-corrected chi connectivity index (χ1v) is 12.8. The molecule has 3 rings (SSSR count). The summed E-state index contributed by atoms with van der Waals surface area (Å²) in [6.07, 6.45) is 1.43. The van der Waals surface area contributed by atoms with Crippen LogP contribution >= 0.6 is 0 Å². The summed E-state index contributed by atoms with van der Waals surface area (Å²) in [5.41, 5.74) is 13.2. The number of carboxylic acid groups (broad SMARTS) is 1. The number of primary amides is 1. The maximum Gasteiger partial charge on any atom is 0.326 e. The molecule has 4 amide bonds. The van der Waals surface area contributed by atoms with Crippen LogP contribution in [0.15, 0.2) is 60.8 Å². The molecule has 0 spiro atoms. The zero-order chi connectivity index (χ0) is 29.2. The Hall–Kier alpha value is -4.71. The van der Waals surface area contributed by atoms with Gasteiger partial charge >= 0.3 is 5.97 Å². The second-order valence-corrected chi connectivity index (χ2v) is 9.57. The second-order valence-electron chi connectivity index (χ2n) is 9.57. The smallest absolute Gasteiger partial charge is 0.326 e. The summed E-state index contributed by atoms with van der Waals surface area (Å²) in [4.78, 5) is 65.4. The van der Waals surface area contributed by atoms with Gasteiger partial charge in [-0.2, -0.15) is 0 Å². The molecule has 2 aromatic carbocycles. The van der Waals surface area contributed by atoms with Gasteiger partial charge in [-0.15, -0.1) is 0 Å². The molecule has 3 aromatic rings. The highest BCUT2D eigenvalue weighted by Gasteiger charge is 2.31. The van der Waals surface area contributed by atoms with E-state index in [9.17, 15) is 29.1 Å². The van der Waals surface area contributed by atoms with Crippen LogP contribution in [-0.4, -0.2) is 63.9 Å². The lowest BCUT2D eigenvalue weighted by Crippen LogP contribution is -2.58. The summed E-state index contributed by atoms with van der Waals surface area (Å²) in [6, 6.07) is 11.8. The Bertz CT molecular complexity index is 1360. The van der Waals surface area contributed by atoms with Crippen LogP contribution in [0.3, 0.4) is 0 Å². The van der Waals surface area contributed by atoms with Gasteiger partial charge in [-0.05, 0) is 30.5 Å². The van der Waals surface area contributed by atoms with Crippen LogP contribution in [0.25, 0.3) is 10.9 Å². The Balaban J connectivity index is 1.86. The number of aromatic amines is 1. The van der Waals surface area contributed by atoms with Crippen LogP contribution in [0.2, 0.25) is 0 Å². The SMILES string of the molecule is CC(N)C(=O)NC(Cc1c[nH]c2ccccc12)C(=O)NC(Cc1ccccc1)C(=O)NC(CCC(N)=O)C(=O)O. The molecule has 12 heteroatoms. The molecule has 212 valence electrons. The van der Waals surface area contributed by atoms with Crippen molar-refractivity contribution < 1.29 is 29.1 Å². The van der Waals surface area contributed by atoms with E-state index in [4.69, 9.17) is 11.5 Å². The maximum absolute atomic E-state index is 13.6. The van der Waals surface area contributed by atoms with Gasteiger partial charge in [0.25, 0.3) is 0 Å². The fraction of sp³-hybridized carbons (Fsp3) is 0.321. The molecule has 0 saturated carbocycles. The van der Waals surface area contributed by atoms with Crippen molar-refractivity contribution in [3.8, 4) is 0 Å². The van der Waals surface area contributed by atoms with Crippen LogP contribution in [0.1, 0.15) is 30.9 Å². The van der Waals surface area contributed by atoms with Crippen LogP contribution < -0.4 is 27.4 Å².